The quantitative estimate of drug-likeness (QED) is 0.180. The van der Waals surface area contributed by atoms with Gasteiger partial charge in [-0.1, -0.05) is 35.9 Å². The van der Waals surface area contributed by atoms with E-state index in [-0.39, 0.29) is 35.4 Å². The molecule has 0 aliphatic rings. The highest BCUT2D eigenvalue weighted by Gasteiger charge is 2.12. The number of benzene rings is 2. The van der Waals surface area contributed by atoms with Crippen LogP contribution in [0.1, 0.15) is 29.2 Å². The molecule has 0 saturated heterocycles. The maximum absolute atomic E-state index is 12.2. The largest absolute Gasteiger partial charge is 0.383 e. The second kappa shape index (κ2) is 13.7. The van der Waals surface area contributed by atoms with Crippen molar-refractivity contribution in [3.8, 4) is 0 Å². The lowest BCUT2D eigenvalue weighted by molar-refractivity contribution is 0.204. The van der Waals surface area contributed by atoms with E-state index in [0.717, 1.165) is 18.1 Å². The Morgan fingerprint density at radius 3 is 2.39 bits per heavy atom. The molecule has 0 spiro atoms. The zero-order chi connectivity index (χ0) is 22.0. The summed E-state index contributed by atoms with van der Waals surface area (Å²) in [5, 5.41) is 6.59. The number of aryl methyl sites for hydroxylation is 2. The highest BCUT2D eigenvalue weighted by Crippen LogP contribution is 2.12. The van der Waals surface area contributed by atoms with Crippen LogP contribution in [0.2, 0.25) is 0 Å². The highest BCUT2D eigenvalue weighted by molar-refractivity contribution is 14.0. The molecule has 0 aromatic heterocycles. The van der Waals surface area contributed by atoms with Crippen LogP contribution in [0.3, 0.4) is 0 Å². The van der Waals surface area contributed by atoms with Gasteiger partial charge in [0.2, 0.25) is 10.0 Å². The number of aliphatic imine (C=N–C) groups is 1. The SMILES string of the molecule is CCNC(=NCc1ccc(S(=O)(=O)NCCOC)cc1)NCc1ccc(C)cc1C.I. The highest BCUT2D eigenvalue weighted by atomic mass is 127. The summed E-state index contributed by atoms with van der Waals surface area (Å²) in [5.74, 6) is 0.718. The van der Waals surface area contributed by atoms with Gasteiger partial charge in [0.05, 0.1) is 18.0 Å². The van der Waals surface area contributed by atoms with Crippen molar-refractivity contribution in [3.05, 3.63) is 64.7 Å². The number of guanidine groups is 1. The van der Waals surface area contributed by atoms with E-state index in [9.17, 15) is 8.42 Å². The van der Waals surface area contributed by atoms with Crippen LogP contribution in [0.25, 0.3) is 0 Å². The average molecular weight is 561 g/mol. The topological polar surface area (TPSA) is 91.8 Å². The summed E-state index contributed by atoms with van der Waals surface area (Å²) in [6.45, 7) is 8.66. The van der Waals surface area contributed by atoms with E-state index >= 15 is 0 Å². The van der Waals surface area contributed by atoms with Crippen molar-refractivity contribution in [2.45, 2.75) is 38.8 Å². The van der Waals surface area contributed by atoms with Crippen LogP contribution in [-0.2, 0) is 27.8 Å². The van der Waals surface area contributed by atoms with E-state index in [1.54, 1.807) is 24.3 Å². The fourth-order valence-corrected chi connectivity index (χ4v) is 3.88. The average Bonchev–Trinajstić information content (AvgIpc) is 2.71. The Kier molecular flexibility index (Phi) is 12.1. The Balaban J connectivity index is 0.00000480. The lowest BCUT2D eigenvalue weighted by Gasteiger charge is -2.13. The number of methoxy groups -OCH3 is 1. The summed E-state index contributed by atoms with van der Waals surface area (Å²) < 4.78 is 31.8. The van der Waals surface area contributed by atoms with Gasteiger partial charge >= 0.3 is 0 Å². The van der Waals surface area contributed by atoms with Crippen molar-refractivity contribution in [1.29, 1.82) is 0 Å². The van der Waals surface area contributed by atoms with E-state index in [4.69, 9.17) is 4.74 Å². The van der Waals surface area contributed by atoms with Crippen molar-refractivity contribution in [2.24, 2.45) is 4.99 Å². The Hall–Kier alpha value is -1.69. The second-order valence-corrected chi connectivity index (χ2v) is 8.78. The van der Waals surface area contributed by atoms with E-state index in [1.165, 1.54) is 23.8 Å². The number of ether oxygens (including phenoxy) is 1. The van der Waals surface area contributed by atoms with Gasteiger partial charge in [0.25, 0.3) is 0 Å². The van der Waals surface area contributed by atoms with Gasteiger partial charge in [-0.2, -0.15) is 0 Å². The molecule has 31 heavy (non-hydrogen) atoms. The molecular formula is C22H33IN4O3S. The van der Waals surface area contributed by atoms with E-state index in [2.05, 4.69) is 52.4 Å². The van der Waals surface area contributed by atoms with Gasteiger partial charge in [0.1, 0.15) is 0 Å². The molecule has 172 valence electrons. The first-order valence-corrected chi connectivity index (χ1v) is 11.5. The van der Waals surface area contributed by atoms with Crippen molar-refractivity contribution in [1.82, 2.24) is 15.4 Å². The Morgan fingerprint density at radius 2 is 1.77 bits per heavy atom. The standard InChI is InChI=1S/C22H32N4O3S.HI/c1-5-23-22(25-16-20-9-6-17(2)14-18(20)3)24-15-19-7-10-21(11-8-19)30(27,28)26-12-13-29-4;/h6-11,14,26H,5,12-13,15-16H2,1-4H3,(H2,23,24,25);1H. The van der Waals surface area contributed by atoms with Crippen LogP contribution in [0.5, 0.6) is 0 Å². The molecule has 0 saturated carbocycles. The molecule has 0 unspecified atom stereocenters. The van der Waals surface area contributed by atoms with Gasteiger partial charge in [-0.25, -0.2) is 18.1 Å². The molecule has 0 fully saturated rings. The number of nitrogens with one attached hydrogen (secondary N) is 3. The van der Waals surface area contributed by atoms with Crippen LogP contribution < -0.4 is 15.4 Å². The van der Waals surface area contributed by atoms with E-state index in [0.29, 0.717) is 19.7 Å². The Morgan fingerprint density at radius 1 is 1.06 bits per heavy atom. The normalized spacial score (nSPS) is 11.7. The smallest absolute Gasteiger partial charge is 0.240 e. The lowest BCUT2D eigenvalue weighted by Crippen LogP contribution is -2.36. The number of nitrogens with zero attached hydrogens (tertiary/aromatic N) is 1. The van der Waals surface area contributed by atoms with Gasteiger partial charge in [-0.05, 0) is 49.6 Å². The molecular weight excluding hydrogens is 527 g/mol. The van der Waals surface area contributed by atoms with Crippen molar-refractivity contribution >= 4 is 40.0 Å². The molecule has 0 heterocycles. The maximum atomic E-state index is 12.2. The number of halogens is 1. The zero-order valence-corrected chi connectivity index (χ0v) is 21.7. The van der Waals surface area contributed by atoms with Crippen LogP contribution in [-0.4, -0.2) is 41.2 Å². The summed E-state index contributed by atoms with van der Waals surface area (Å²) in [6.07, 6.45) is 0. The second-order valence-electron chi connectivity index (χ2n) is 7.01. The third kappa shape index (κ3) is 9.14. The monoisotopic (exact) mass is 560 g/mol. The van der Waals surface area contributed by atoms with Crippen LogP contribution in [0, 0.1) is 13.8 Å². The molecule has 3 N–H and O–H groups in total. The minimum atomic E-state index is -3.53. The molecule has 2 rings (SSSR count). The first-order valence-electron chi connectivity index (χ1n) is 10.0. The molecule has 2 aromatic rings. The molecule has 2 aromatic carbocycles. The fraction of sp³-hybridized carbons (Fsp3) is 0.409. The van der Waals surface area contributed by atoms with Gasteiger partial charge < -0.3 is 15.4 Å². The molecule has 0 aliphatic heterocycles. The first kappa shape index (κ1) is 27.3. The minimum Gasteiger partial charge on any atom is -0.383 e. The molecule has 0 radical (unpaired) electrons. The Labute approximate surface area is 203 Å². The number of sulfonamides is 1. The van der Waals surface area contributed by atoms with Gasteiger partial charge in [-0.15, -0.1) is 24.0 Å². The molecule has 0 atom stereocenters. The van der Waals surface area contributed by atoms with Crippen LogP contribution >= 0.6 is 24.0 Å². The fourth-order valence-electron chi connectivity index (χ4n) is 2.87. The summed E-state index contributed by atoms with van der Waals surface area (Å²) in [6, 6.07) is 13.1. The summed E-state index contributed by atoms with van der Waals surface area (Å²) >= 11 is 0. The summed E-state index contributed by atoms with van der Waals surface area (Å²) in [5.41, 5.74) is 4.64. The van der Waals surface area contributed by atoms with Crippen molar-refractivity contribution < 1.29 is 13.2 Å². The molecule has 7 nitrogen and oxygen atoms in total. The predicted octanol–water partition coefficient (Wildman–Crippen LogP) is 3.10. The predicted molar refractivity (Wildman–Crippen MR) is 136 cm³/mol. The zero-order valence-electron chi connectivity index (χ0n) is 18.6. The molecule has 0 bridgehead atoms. The first-order chi connectivity index (χ1) is 14.4. The number of hydrogen-bond donors (Lipinski definition) is 3. The Bertz CT molecular complexity index is 948. The van der Waals surface area contributed by atoms with Gasteiger partial charge in [0.15, 0.2) is 5.96 Å². The van der Waals surface area contributed by atoms with E-state index in [1.807, 2.05) is 6.92 Å². The summed E-state index contributed by atoms with van der Waals surface area (Å²) in [4.78, 5) is 4.84. The maximum Gasteiger partial charge on any atom is 0.240 e. The molecule has 0 amide bonds. The van der Waals surface area contributed by atoms with Crippen molar-refractivity contribution in [2.75, 3.05) is 26.8 Å². The summed E-state index contributed by atoms with van der Waals surface area (Å²) in [7, 11) is -2.00. The third-order valence-electron chi connectivity index (χ3n) is 4.54. The van der Waals surface area contributed by atoms with Crippen LogP contribution in [0.15, 0.2) is 52.4 Å². The number of rotatable bonds is 10. The van der Waals surface area contributed by atoms with Crippen molar-refractivity contribution in [3.63, 3.8) is 0 Å². The molecule has 0 aliphatic carbocycles. The van der Waals surface area contributed by atoms with E-state index < -0.39 is 10.0 Å². The van der Waals surface area contributed by atoms with Gasteiger partial charge in [-0.3, -0.25) is 0 Å². The minimum absolute atomic E-state index is 0. The van der Waals surface area contributed by atoms with Crippen LogP contribution in [0.4, 0.5) is 0 Å². The third-order valence-corrected chi connectivity index (χ3v) is 6.02. The van der Waals surface area contributed by atoms with Gasteiger partial charge in [0, 0.05) is 26.7 Å². The molecule has 9 heteroatoms. The number of hydrogen-bond acceptors (Lipinski definition) is 4. The lowest BCUT2D eigenvalue weighted by atomic mass is 10.1.